The van der Waals surface area contributed by atoms with Crippen molar-refractivity contribution in [3.8, 4) is 11.1 Å². The Morgan fingerprint density at radius 2 is 1.57 bits per heavy atom. The molecule has 0 saturated carbocycles. The Hall–Kier alpha value is -3.92. The summed E-state index contributed by atoms with van der Waals surface area (Å²) >= 11 is 1.78. The Bertz CT molecular complexity index is 1930. The van der Waals surface area contributed by atoms with Crippen LogP contribution >= 0.6 is 11.9 Å². The third-order valence-electron chi connectivity index (χ3n) is 7.49. The second kappa shape index (κ2) is 9.92. The van der Waals surface area contributed by atoms with E-state index >= 15 is 0 Å². The van der Waals surface area contributed by atoms with Crippen LogP contribution in [0.5, 0.6) is 0 Å². The molecule has 9 heteroatoms. The highest BCUT2D eigenvalue weighted by Gasteiger charge is 2.29. The van der Waals surface area contributed by atoms with Gasteiger partial charge in [-0.3, -0.25) is 0 Å². The molecule has 1 saturated heterocycles. The summed E-state index contributed by atoms with van der Waals surface area (Å²) in [7, 11) is -3.77. The Labute approximate surface area is 237 Å². The fraction of sp³-hybridized carbons (Fsp3) is 0.161. The molecular weight excluding hydrogens is 539 g/mol. The molecule has 7 rings (SSSR count). The van der Waals surface area contributed by atoms with Crippen LogP contribution in [0.15, 0.2) is 113 Å². The van der Waals surface area contributed by atoms with Gasteiger partial charge < -0.3 is 4.57 Å². The Morgan fingerprint density at radius 1 is 0.875 bits per heavy atom. The maximum absolute atomic E-state index is 13.4. The van der Waals surface area contributed by atoms with Crippen molar-refractivity contribution >= 4 is 44.0 Å². The largest absolute Gasteiger partial charge is 0.323 e. The molecule has 0 N–H and O–H groups in total. The topological polar surface area (TPSA) is 73.0 Å². The van der Waals surface area contributed by atoms with E-state index in [1.54, 1.807) is 54.7 Å². The molecule has 3 aromatic carbocycles. The van der Waals surface area contributed by atoms with Crippen LogP contribution in [0.4, 0.5) is 0 Å². The van der Waals surface area contributed by atoms with Gasteiger partial charge in [0.05, 0.1) is 22.7 Å². The van der Waals surface area contributed by atoms with E-state index in [1.165, 1.54) is 20.0 Å². The molecule has 1 atom stereocenters. The first-order valence-corrected chi connectivity index (χ1v) is 15.4. The molecule has 3 aromatic heterocycles. The average molecular weight is 566 g/mol. The van der Waals surface area contributed by atoms with Crippen LogP contribution in [-0.2, 0) is 10.0 Å². The molecule has 6 aromatic rings. The molecule has 200 valence electrons. The van der Waals surface area contributed by atoms with Gasteiger partial charge in [-0.05, 0) is 66.8 Å². The predicted octanol–water partition coefficient (Wildman–Crippen LogP) is 6.55. The van der Waals surface area contributed by atoms with Gasteiger partial charge in [0.15, 0.2) is 5.65 Å². The SMILES string of the molecule is Cc1nc2cnc3c(ccn3S(=O)(=O)c3ccccc3)c2n1C1CCN(Sc2ccc(-c3ccccc3)cc2)C1. The number of pyridine rings is 1. The van der Waals surface area contributed by atoms with Gasteiger partial charge in [0.25, 0.3) is 10.0 Å². The summed E-state index contributed by atoms with van der Waals surface area (Å²) in [5, 5.41) is 0.792. The maximum atomic E-state index is 13.4. The average Bonchev–Trinajstić information content (AvgIpc) is 3.71. The lowest BCUT2D eigenvalue weighted by molar-refractivity contribution is 0.505. The lowest BCUT2D eigenvalue weighted by atomic mass is 10.1. The first kappa shape index (κ1) is 25.1. The van der Waals surface area contributed by atoms with Gasteiger partial charge in [0.2, 0.25) is 0 Å². The molecule has 0 amide bonds. The Morgan fingerprint density at radius 3 is 2.33 bits per heavy atom. The summed E-state index contributed by atoms with van der Waals surface area (Å²) in [6, 6.07) is 29.7. The van der Waals surface area contributed by atoms with E-state index in [0.717, 1.165) is 41.8 Å². The fourth-order valence-corrected chi connectivity index (χ4v) is 7.92. The van der Waals surface area contributed by atoms with E-state index in [2.05, 4.69) is 62.4 Å². The van der Waals surface area contributed by atoms with Crippen molar-refractivity contribution < 1.29 is 8.42 Å². The molecule has 1 fully saturated rings. The van der Waals surface area contributed by atoms with Crippen molar-refractivity contribution in [1.29, 1.82) is 0 Å². The zero-order chi connectivity index (χ0) is 27.3. The van der Waals surface area contributed by atoms with Gasteiger partial charge in [-0.15, -0.1) is 0 Å². The Kier molecular flexibility index (Phi) is 6.22. The van der Waals surface area contributed by atoms with Crippen molar-refractivity contribution in [2.24, 2.45) is 0 Å². The highest BCUT2D eigenvalue weighted by Crippen LogP contribution is 2.37. The Balaban J connectivity index is 1.17. The summed E-state index contributed by atoms with van der Waals surface area (Å²) in [5.74, 6) is 0.909. The minimum absolute atomic E-state index is 0.223. The zero-order valence-electron chi connectivity index (χ0n) is 21.9. The van der Waals surface area contributed by atoms with Crippen molar-refractivity contribution in [2.75, 3.05) is 13.1 Å². The van der Waals surface area contributed by atoms with Crippen molar-refractivity contribution in [1.82, 2.24) is 22.8 Å². The van der Waals surface area contributed by atoms with E-state index in [0.29, 0.717) is 5.65 Å². The summed E-state index contributed by atoms with van der Waals surface area (Å²) in [4.78, 5) is 10.8. The van der Waals surface area contributed by atoms with E-state index in [-0.39, 0.29) is 10.9 Å². The van der Waals surface area contributed by atoms with Crippen LogP contribution in [0.2, 0.25) is 0 Å². The van der Waals surface area contributed by atoms with Crippen LogP contribution in [-0.4, -0.2) is 44.3 Å². The third kappa shape index (κ3) is 4.30. The van der Waals surface area contributed by atoms with E-state index < -0.39 is 10.0 Å². The van der Waals surface area contributed by atoms with Crippen LogP contribution in [0.1, 0.15) is 18.3 Å². The summed E-state index contributed by atoms with van der Waals surface area (Å²) in [5.41, 5.74) is 4.56. The van der Waals surface area contributed by atoms with Crippen LogP contribution < -0.4 is 0 Å². The number of hydrogen-bond acceptors (Lipinski definition) is 6. The first-order valence-electron chi connectivity index (χ1n) is 13.2. The number of rotatable bonds is 6. The van der Waals surface area contributed by atoms with Gasteiger partial charge in [-0.1, -0.05) is 60.7 Å². The molecule has 1 unspecified atom stereocenters. The maximum Gasteiger partial charge on any atom is 0.269 e. The second-order valence-corrected chi connectivity index (χ2v) is 13.0. The molecule has 0 aliphatic carbocycles. The standard InChI is InChI=1S/C31H27N5O2S2/c1-22-33-29-20-32-31-28(17-19-35(31)40(37,38)27-10-6-3-7-11-27)30(29)36(22)25-16-18-34(21-25)39-26-14-12-24(13-15-26)23-8-4-2-5-9-23/h2-15,17,19-20,25H,16,18,21H2,1H3. The zero-order valence-corrected chi connectivity index (χ0v) is 23.5. The number of imidazole rings is 1. The normalized spacial score (nSPS) is 16.3. The summed E-state index contributed by atoms with van der Waals surface area (Å²) in [6.45, 7) is 3.83. The molecule has 0 bridgehead atoms. The third-order valence-corrected chi connectivity index (χ3v) is 10.2. The molecule has 4 heterocycles. The van der Waals surface area contributed by atoms with E-state index in [1.807, 2.05) is 19.1 Å². The number of fused-ring (bicyclic) bond motifs is 3. The van der Waals surface area contributed by atoms with E-state index in [4.69, 9.17) is 4.98 Å². The van der Waals surface area contributed by atoms with E-state index in [9.17, 15) is 8.42 Å². The van der Waals surface area contributed by atoms with Crippen molar-refractivity contribution in [2.45, 2.75) is 29.2 Å². The highest BCUT2D eigenvalue weighted by molar-refractivity contribution is 7.97. The number of nitrogens with zero attached hydrogens (tertiary/aromatic N) is 5. The van der Waals surface area contributed by atoms with Crippen LogP contribution in [0.3, 0.4) is 0 Å². The first-order chi connectivity index (χ1) is 19.5. The van der Waals surface area contributed by atoms with Gasteiger partial charge in [0, 0.05) is 29.6 Å². The lowest BCUT2D eigenvalue weighted by Crippen LogP contribution is -2.16. The molecule has 0 radical (unpaired) electrons. The van der Waals surface area contributed by atoms with Gasteiger partial charge in [0.1, 0.15) is 11.3 Å². The predicted molar refractivity (Wildman–Crippen MR) is 160 cm³/mol. The quantitative estimate of drug-likeness (QED) is 0.213. The number of hydrogen-bond donors (Lipinski definition) is 0. The van der Waals surface area contributed by atoms with Gasteiger partial charge in [-0.25, -0.2) is 26.7 Å². The summed E-state index contributed by atoms with van der Waals surface area (Å²) in [6.07, 6.45) is 4.27. The minimum atomic E-state index is -3.77. The van der Waals surface area contributed by atoms with Gasteiger partial charge >= 0.3 is 0 Å². The second-order valence-electron chi connectivity index (χ2n) is 10.0. The highest BCUT2D eigenvalue weighted by atomic mass is 32.2. The number of aromatic nitrogens is 4. The van der Waals surface area contributed by atoms with Crippen molar-refractivity contribution in [3.63, 3.8) is 0 Å². The number of aryl methyl sites for hydroxylation is 1. The molecule has 1 aliphatic heterocycles. The summed E-state index contributed by atoms with van der Waals surface area (Å²) < 4.78 is 32.8. The van der Waals surface area contributed by atoms with Gasteiger partial charge in [-0.2, -0.15) is 0 Å². The fourth-order valence-electron chi connectivity index (χ4n) is 5.60. The monoisotopic (exact) mass is 565 g/mol. The molecule has 0 spiro atoms. The number of benzene rings is 3. The molecule has 7 nitrogen and oxygen atoms in total. The van der Waals surface area contributed by atoms with Crippen LogP contribution in [0, 0.1) is 6.92 Å². The smallest absolute Gasteiger partial charge is 0.269 e. The molecule has 1 aliphatic rings. The van der Waals surface area contributed by atoms with Crippen molar-refractivity contribution in [3.05, 3.63) is 109 Å². The lowest BCUT2D eigenvalue weighted by Gasteiger charge is -2.18. The minimum Gasteiger partial charge on any atom is -0.323 e. The van der Waals surface area contributed by atoms with Crippen LogP contribution in [0.25, 0.3) is 33.2 Å². The molecular formula is C31H27N5O2S2. The molecule has 40 heavy (non-hydrogen) atoms.